The maximum atomic E-state index is 12.6. The van der Waals surface area contributed by atoms with Gasteiger partial charge in [0.05, 0.1) is 21.8 Å². The Balaban J connectivity index is 2.19. The van der Waals surface area contributed by atoms with E-state index in [9.17, 15) is 9.59 Å². The first-order valence-corrected chi connectivity index (χ1v) is 8.97. The Labute approximate surface area is 161 Å². The Bertz CT molecular complexity index is 818. The van der Waals surface area contributed by atoms with Crippen LogP contribution in [0.15, 0.2) is 59.6 Å². The van der Waals surface area contributed by atoms with Crippen molar-refractivity contribution in [2.75, 3.05) is 11.9 Å². The van der Waals surface area contributed by atoms with E-state index in [1.807, 2.05) is 13.8 Å². The summed E-state index contributed by atoms with van der Waals surface area (Å²) in [6, 6.07) is 11.9. The predicted molar refractivity (Wildman–Crippen MR) is 107 cm³/mol. The molecule has 2 aromatic rings. The van der Waals surface area contributed by atoms with Gasteiger partial charge in [0.2, 0.25) is 0 Å². The summed E-state index contributed by atoms with van der Waals surface area (Å²) in [6.45, 7) is 7.79. The van der Waals surface area contributed by atoms with Crippen LogP contribution in [0.1, 0.15) is 34.6 Å². The third kappa shape index (κ3) is 5.20. The Morgan fingerprint density at radius 3 is 2.58 bits per heavy atom. The van der Waals surface area contributed by atoms with Crippen LogP contribution in [0.4, 0.5) is 5.69 Å². The van der Waals surface area contributed by atoms with Crippen molar-refractivity contribution in [3.05, 3.63) is 70.7 Å². The topological polar surface area (TPSA) is 67.4 Å². The first-order valence-electron chi connectivity index (χ1n) is 8.18. The van der Waals surface area contributed by atoms with E-state index in [-0.39, 0.29) is 17.9 Å². The summed E-state index contributed by atoms with van der Waals surface area (Å²) in [5.74, 6) is 0.0779. The average molecular weight is 417 g/mol. The molecule has 0 aliphatic rings. The van der Waals surface area contributed by atoms with Gasteiger partial charge in [-0.15, -0.1) is 6.58 Å². The third-order valence-corrected chi connectivity index (χ3v) is 4.00. The molecule has 2 N–H and O–H groups in total. The fourth-order valence-corrected chi connectivity index (χ4v) is 2.71. The van der Waals surface area contributed by atoms with Gasteiger partial charge in [-0.2, -0.15) is 0 Å². The first-order chi connectivity index (χ1) is 12.4. The minimum atomic E-state index is -0.314. The number of para-hydroxylation sites is 1. The van der Waals surface area contributed by atoms with Crippen LogP contribution in [-0.4, -0.2) is 24.5 Å². The number of ether oxygens (including phenoxy) is 1. The highest BCUT2D eigenvalue weighted by atomic mass is 79.9. The van der Waals surface area contributed by atoms with E-state index in [2.05, 4.69) is 33.1 Å². The molecular formula is C20H21BrN2O3. The molecule has 0 radical (unpaired) electrons. The standard InChI is InChI=1S/C20H21BrN2O3/c1-4-11-22-20(25)15-7-5-6-8-17(15)23-19(24)14-9-10-18(16(21)12-14)26-13(2)3/h4-10,12-13H,1,11H2,2-3H3,(H,22,25)(H,23,24). The molecule has 0 unspecified atom stereocenters. The molecule has 0 saturated carbocycles. The first kappa shape index (κ1) is 19.7. The molecule has 0 aromatic heterocycles. The summed E-state index contributed by atoms with van der Waals surface area (Å²) in [4.78, 5) is 24.8. The minimum Gasteiger partial charge on any atom is -0.490 e. The summed E-state index contributed by atoms with van der Waals surface area (Å²) in [5.41, 5.74) is 1.29. The second-order valence-electron chi connectivity index (χ2n) is 5.81. The van der Waals surface area contributed by atoms with Gasteiger partial charge in [-0.05, 0) is 60.1 Å². The number of benzene rings is 2. The second-order valence-corrected chi connectivity index (χ2v) is 6.66. The van der Waals surface area contributed by atoms with E-state index in [0.29, 0.717) is 33.6 Å². The van der Waals surface area contributed by atoms with Gasteiger partial charge in [-0.1, -0.05) is 18.2 Å². The number of hydrogen-bond donors (Lipinski definition) is 2. The molecular weight excluding hydrogens is 396 g/mol. The summed E-state index contributed by atoms with van der Waals surface area (Å²) < 4.78 is 6.34. The van der Waals surface area contributed by atoms with Crippen LogP contribution in [0.3, 0.4) is 0 Å². The van der Waals surface area contributed by atoms with Crippen LogP contribution in [0.25, 0.3) is 0 Å². The van der Waals surface area contributed by atoms with Crippen molar-refractivity contribution in [3.8, 4) is 5.75 Å². The van der Waals surface area contributed by atoms with Crippen LogP contribution in [0.2, 0.25) is 0 Å². The molecule has 136 valence electrons. The van der Waals surface area contributed by atoms with E-state index < -0.39 is 0 Å². The van der Waals surface area contributed by atoms with Gasteiger partial charge in [0.15, 0.2) is 0 Å². The van der Waals surface area contributed by atoms with Crippen LogP contribution < -0.4 is 15.4 Å². The highest BCUT2D eigenvalue weighted by Gasteiger charge is 2.15. The quantitative estimate of drug-likeness (QED) is 0.656. The van der Waals surface area contributed by atoms with Crippen molar-refractivity contribution in [2.45, 2.75) is 20.0 Å². The zero-order valence-electron chi connectivity index (χ0n) is 14.7. The lowest BCUT2D eigenvalue weighted by atomic mass is 10.1. The zero-order valence-corrected chi connectivity index (χ0v) is 16.3. The average Bonchev–Trinajstić information content (AvgIpc) is 2.61. The second kappa shape index (κ2) is 9.20. The lowest BCUT2D eigenvalue weighted by molar-refractivity contribution is 0.0959. The van der Waals surface area contributed by atoms with Gasteiger partial charge in [-0.25, -0.2) is 0 Å². The van der Waals surface area contributed by atoms with Gasteiger partial charge < -0.3 is 15.4 Å². The molecule has 0 bridgehead atoms. The molecule has 0 spiro atoms. The van der Waals surface area contributed by atoms with Crippen molar-refractivity contribution >= 4 is 33.4 Å². The van der Waals surface area contributed by atoms with Crippen molar-refractivity contribution in [3.63, 3.8) is 0 Å². The maximum Gasteiger partial charge on any atom is 0.255 e. The van der Waals surface area contributed by atoms with E-state index >= 15 is 0 Å². The number of anilines is 1. The fourth-order valence-electron chi connectivity index (χ4n) is 2.24. The van der Waals surface area contributed by atoms with Crippen molar-refractivity contribution < 1.29 is 14.3 Å². The number of amides is 2. The summed E-state index contributed by atoms with van der Waals surface area (Å²) in [7, 11) is 0. The molecule has 0 fully saturated rings. The van der Waals surface area contributed by atoms with Gasteiger partial charge >= 0.3 is 0 Å². The SMILES string of the molecule is C=CCNC(=O)c1ccccc1NC(=O)c1ccc(OC(C)C)c(Br)c1. The Morgan fingerprint density at radius 1 is 1.19 bits per heavy atom. The van der Waals surface area contributed by atoms with Crippen molar-refractivity contribution in [2.24, 2.45) is 0 Å². The Morgan fingerprint density at radius 2 is 1.92 bits per heavy atom. The molecule has 5 nitrogen and oxygen atoms in total. The zero-order chi connectivity index (χ0) is 19.1. The summed E-state index contributed by atoms with van der Waals surface area (Å²) in [6.07, 6.45) is 1.63. The fraction of sp³-hybridized carbons (Fsp3) is 0.200. The van der Waals surface area contributed by atoms with Gasteiger partial charge in [0.25, 0.3) is 11.8 Å². The largest absolute Gasteiger partial charge is 0.490 e. The normalized spacial score (nSPS) is 10.3. The Hall–Kier alpha value is -2.60. The highest BCUT2D eigenvalue weighted by Crippen LogP contribution is 2.27. The molecule has 2 aromatic carbocycles. The van der Waals surface area contributed by atoms with E-state index in [4.69, 9.17) is 4.74 Å². The lowest BCUT2D eigenvalue weighted by Gasteiger charge is -2.13. The summed E-state index contributed by atoms with van der Waals surface area (Å²) >= 11 is 3.42. The monoisotopic (exact) mass is 416 g/mol. The van der Waals surface area contributed by atoms with Gasteiger partial charge in [0, 0.05) is 12.1 Å². The lowest BCUT2D eigenvalue weighted by Crippen LogP contribution is -2.25. The molecule has 0 heterocycles. The molecule has 0 saturated heterocycles. The molecule has 2 amide bonds. The number of nitrogens with one attached hydrogen (secondary N) is 2. The third-order valence-electron chi connectivity index (χ3n) is 3.38. The number of rotatable bonds is 7. The van der Waals surface area contributed by atoms with Crippen LogP contribution in [0.5, 0.6) is 5.75 Å². The molecule has 2 rings (SSSR count). The van der Waals surface area contributed by atoms with Gasteiger partial charge in [-0.3, -0.25) is 9.59 Å². The number of halogens is 1. The molecule has 26 heavy (non-hydrogen) atoms. The smallest absolute Gasteiger partial charge is 0.255 e. The van der Waals surface area contributed by atoms with E-state index in [0.717, 1.165) is 0 Å². The van der Waals surface area contributed by atoms with Gasteiger partial charge in [0.1, 0.15) is 5.75 Å². The molecule has 0 aliphatic carbocycles. The van der Waals surface area contributed by atoms with Crippen LogP contribution in [0, 0.1) is 0 Å². The van der Waals surface area contributed by atoms with E-state index in [1.54, 1.807) is 48.5 Å². The summed E-state index contributed by atoms with van der Waals surface area (Å²) in [5, 5.41) is 5.49. The van der Waals surface area contributed by atoms with Crippen LogP contribution >= 0.6 is 15.9 Å². The highest BCUT2D eigenvalue weighted by molar-refractivity contribution is 9.10. The number of hydrogen-bond acceptors (Lipinski definition) is 3. The maximum absolute atomic E-state index is 12.6. The molecule has 0 aliphatic heterocycles. The molecule has 6 heteroatoms. The minimum absolute atomic E-state index is 0.0342. The number of carbonyl (C=O) groups is 2. The molecule has 0 atom stereocenters. The van der Waals surface area contributed by atoms with Crippen molar-refractivity contribution in [1.82, 2.24) is 5.32 Å². The van der Waals surface area contributed by atoms with Crippen molar-refractivity contribution in [1.29, 1.82) is 0 Å². The van der Waals surface area contributed by atoms with Crippen LogP contribution in [-0.2, 0) is 0 Å². The number of carbonyl (C=O) groups excluding carboxylic acids is 2. The Kier molecular flexibility index (Phi) is 6.97. The predicted octanol–water partition coefficient (Wildman–Crippen LogP) is 4.40. The van der Waals surface area contributed by atoms with E-state index in [1.165, 1.54) is 0 Å².